The summed E-state index contributed by atoms with van der Waals surface area (Å²) >= 11 is 1.87. The van der Waals surface area contributed by atoms with Crippen molar-refractivity contribution in [1.82, 2.24) is 4.57 Å². The first-order valence-electron chi connectivity index (χ1n) is 20.7. The summed E-state index contributed by atoms with van der Waals surface area (Å²) in [4.78, 5) is 2.44. The van der Waals surface area contributed by atoms with E-state index in [1.807, 2.05) is 11.3 Å². The van der Waals surface area contributed by atoms with Gasteiger partial charge in [0.05, 0.1) is 11.0 Å². The Bertz CT molecular complexity index is 3450. The van der Waals surface area contributed by atoms with Gasteiger partial charge in [0, 0.05) is 59.1 Å². The summed E-state index contributed by atoms with van der Waals surface area (Å²) < 4.78 is 4.97. The highest BCUT2D eigenvalue weighted by molar-refractivity contribution is 7.25. The van der Waals surface area contributed by atoms with Gasteiger partial charge in [-0.25, -0.2) is 0 Å². The molecule has 1 aliphatic rings. The maximum absolute atomic E-state index is 2.44. The van der Waals surface area contributed by atoms with Crippen molar-refractivity contribution in [3.63, 3.8) is 0 Å². The van der Waals surface area contributed by atoms with Crippen LogP contribution in [0.5, 0.6) is 0 Å². The number of fused-ring (bicyclic) bond motifs is 9. The largest absolute Gasteiger partial charge is 0.310 e. The molecule has 0 unspecified atom stereocenters. The monoisotopic (exact) mass is 784 g/mol. The van der Waals surface area contributed by atoms with Gasteiger partial charge in [0.15, 0.2) is 0 Å². The minimum Gasteiger partial charge on any atom is -0.310 e. The molecular formula is C57H40N2S. The first kappa shape index (κ1) is 34.8. The Hall–Kier alpha value is -7.20. The SMILES string of the molecule is CC1(C)c2ccccc2-c2ccc(N(c3ccc(-c4ccccc4)cc3)c3ccc4sc5ccc(-c6ccc7c(c6)c6ccccc6n7-c6ccccc6)cc5c4c3)cc21. The third-order valence-electron chi connectivity index (χ3n) is 12.8. The van der Waals surface area contributed by atoms with Gasteiger partial charge in [0.25, 0.3) is 0 Å². The van der Waals surface area contributed by atoms with Crippen molar-refractivity contribution >= 4 is 70.4 Å². The number of nitrogens with zero attached hydrogens (tertiary/aromatic N) is 2. The predicted octanol–water partition coefficient (Wildman–Crippen LogP) is 16.3. The summed E-state index contributed by atoms with van der Waals surface area (Å²) in [6.07, 6.45) is 0. The van der Waals surface area contributed by atoms with Crippen LogP contribution in [0.1, 0.15) is 25.0 Å². The lowest BCUT2D eigenvalue weighted by molar-refractivity contribution is 0.660. The lowest BCUT2D eigenvalue weighted by Gasteiger charge is -2.28. The highest BCUT2D eigenvalue weighted by Crippen LogP contribution is 2.51. The first-order valence-corrected chi connectivity index (χ1v) is 21.6. The number of thiophene rings is 1. The van der Waals surface area contributed by atoms with Gasteiger partial charge in [-0.2, -0.15) is 0 Å². The Labute approximate surface area is 353 Å². The second-order valence-electron chi connectivity index (χ2n) is 16.6. The highest BCUT2D eigenvalue weighted by Gasteiger charge is 2.35. The van der Waals surface area contributed by atoms with Gasteiger partial charge in [-0.1, -0.05) is 135 Å². The molecule has 0 bridgehead atoms. The van der Waals surface area contributed by atoms with Crippen LogP contribution in [-0.4, -0.2) is 4.57 Å². The van der Waals surface area contributed by atoms with Crippen LogP contribution >= 0.6 is 11.3 Å². The smallest absolute Gasteiger partial charge is 0.0541 e. The van der Waals surface area contributed by atoms with E-state index in [9.17, 15) is 0 Å². The minimum absolute atomic E-state index is 0.103. The summed E-state index contributed by atoms with van der Waals surface area (Å²) in [5, 5.41) is 5.08. The normalized spacial score (nSPS) is 13.0. The molecule has 2 aromatic heterocycles. The predicted molar refractivity (Wildman–Crippen MR) is 257 cm³/mol. The number of anilines is 3. The Balaban J connectivity index is 0.998. The molecule has 3 heteroatoms. The fraction of sp³-hybridized carbons (Fsp3) is 0.0526. The standard InChI is InChI=1S/C57H40N2S/c1-57(2)51-19-11-9-17-45(51)46-29-27-44(36-52(46)57)58(42-25-21-38(22-26-42)37-13-5-3-6-14-37)43-28-32-56-50(35-43)49-34-40(24-31-55(49)60-56)39-23-30-54-48(33-39)47-18-10-12-20-53(47)59(54)41-15-7-4-8-16-41/h3-36H,1-2H3. The van der Waals surface area contributed by atoms with Crippen LogP contribution < -0.4 is 4.90 Å². The highest BCUT2D eigenvalue weighted by atomic mass is 32.1. The molecule has 9 aromatic carbocycles. The Morgan fingerprint density at radius 1 is 0.383 bits per heavy atom. The molecule has 0 fully saturated rings. The van der Waals surface area contributed by atoms with Crippen LogP contribution in [0, 0.1) is 0 Å². The van der Waals surface area contributed by atoms with E-state index in [2.05, 4.69) is 230 Å². The molecule has 2 heterocycles. The molecule has 2 nitrogen and oxygen atoms in total. The van der Waals surface area contributed by atoms with Crippen molar-refractivity contribution < 1.29 is 0 Å². The zero-order valence-corrected chi connectivity index (χ0v) is 34.2. The third kappa shape index (κ3) is 5.40. The van der Waals surface area contributed by atoms with Gasteiger partial charge in [0.2, 0.25) is 0 Å². The Morgan fingerprint density at radius 3 is 1.75 bits per heavy atom. The lowest BCUT2D eigenvalue weighted by Crippen LogP contribution is -2.16. The number of para-hydroxylation sites is 2. The number of rotatable bonds is 6. The van der Waals surface area contributed by atoms with E-state index in [0.717, 1.165) is 17.1 Å². The van der Waals surface area contributed by atoms with Crippen LogP contribution in [0.25, 0.3) is 81.0 Å². The number of benzene rings is 9. The Kier molecular flexibility index (Phi) is 7.79. The molecule has 0 amide bonds. The van der Waals surface area contributed by atoms with Gasteiger partial charge in [-0.3, -0.25) is 0 Å². The average Bonchev–Trinajstić information content (AvgIpc) is 3.92. The summed E-state index contributed by atoms with van der Waals surface area (Å²) in [6, 6.07) is 76.1. The summed E-state index contributed by atoms with van der Waals surface area (Å²) in [5.74, 6) is 0. The van der Waals surface area contributed by atoms with Gasteiger partial charge in [0.1, 0.15) is 0 Å². The fourth-order valence-electron chi connectivity index (χ4n) is 9.80. The zero-order chi connectivity index (χ0) is 40.0. The van der Waals surface area contributed by atoms with Crippen LogP contribution in [0.2, 0.25) is 0 Å². The van der Waals surface area contributed by atoms with Crippen LogP contribution in [-0.2, 0) is 5.41 Å². The van der Waals surface area contributed by atoms with E-state index in [1.165, 1.54) is 92.2 Å². The molecule has 1 aliphatic carbocycles. The lowest BCUT2D eigenvalue weighted by atomic mass is 9.82. The fourth-order valence-corrected chi connectivity index (χ4v) is 10.9. The molecule has 0 saturated carbocycles. The van der Waals surface area contributed by atoms with E-state index in [0.29, 0.717) is 0 Å². The van der Waals surface area contributed by atoms with Crippen molar-refractivity contribution in [1.29, 1.82) is 0 Å². The molecule has 0 aliphatic heterocycles. The van der Waals surface area contributed by atoms with Crippen molar-refractivity contribution in [2.75, 3.05) is 4.90 Å². The van der Waals surface area contributed by atoms with Gasteiger partial charge in [-0.15, -0.1) is 11.3 Å². The third-order valence-corrected chi connectivity index (χ3v) is 13.9. The van der Waals surface area contributed by atoms with Gasteiger partial charge >= 0.3 is 0 Å². The maximum atomic E-state index is 2.44. The van der Waals surface area contributed by atoms with Crippen molar-refractivity contribution in [3.05, 3.63) is 217 Å². The van der Waals surface area contributed by atoms with E-state index in [-0.39, 0.29) is 5.41 Å². The van der Waals surface area contributed by atoms with Gasteiger partial charge in [-0.05, 0) is 129 Å². The van der Waals surface area contributed by atoms with Crippen LogP contribution in [0.15, 0.2) is 206 Å². The molecule has 0 N–H and O–H groups in total. The maximum Gasteiger partial charge on any atom is 0.0541 e. The Morgan fingerprint density at radius 2 is 0.933 bits per heavy atom. The molecule has 0 atom stereocenters. The molecule has 11 aromatic rings. The van der Waals surface area contributed by atoms with E-state index >= 15 is 0 Å². The molecule has 0 radical (unpaired) electrons. The van der Waals surface area contributed by atoms with E-state index in [1.54, 1.807) is 0 Å². The molecule has 284 valence electrons. The zero-order valence-electron chi connectivity index (χ0n) is 33.4. The average molecular weight is 785 g/mol. The number of aromatic nitrogens is 1. The van der Waals surface area contributed by atoms with E-state index in [4.69, 9.17) is 0 Å². The van der Waals surface area contributed by atoms with Crippen LogP contribution in [0.4, 0.5) is 17.1 Å². The summed E-state index contributed by atoms with van der Waals surface area (Å²) in [7, 11) is 0. The molecule has 60 heavy (non-hydrogen) atoms. The van der Waals surface area contributed by atoms with Crippen molar-refractivity contribution in [3.8, 4) is 39.1 Å². The summed E-state index contributed by atoms with van der Waals surface area (Å²) in [5.41, 5.74) is 17.2. The first-order chi connectivity index (χ1) is 29.5. The van der Waals surface area contributed by atoms with Crippen molar-refractivity contribution in [2.45, 2.75) is 19.3 Å². The number of hydrogen-bond donors (Lipinski definition) is 0. The molecular weight excluding hydrogens is 745 g/mol. The van der Waals surface area contributed by atoms with Crippen molar-refractivity contribution in [2.24, 2.45) is 0 Å². The minimum atomic E-state index is -0.103. The topological polar surface area (TPSA) is 8.17 Å². The molecule has 12 rings (SSSR count). The number of hydrogen-bond acceptors (Lipinski definition) is 2. The van der Waals surface area contributed by atoms with Crippen LogP contribution in [0.3, 0.4) is 0 Å². The van der Waals surface area contributed by atoms with E-state index < -0.39 is 0 Å². The summed E-state index contributed by atoms with van der Waals surface area (Å²) in [6.45, 7) is 4.72. The molecule has 0 saturated heterocycles. The second kappa shape index (κ2) is 13.4. The quantitative estimate of drug-likeness (QED) is 0.163. The second-order valence-corrected chi connectivity index (χ2v) is 17.6. The molecule has 0 spiro atoms. The van der Waals surface area contributed by atoms with Gasteiger partial charge < -0.3 is 9.47 Å².